The predicted octanol–water partition coefficient (Wildman–Crippen LogP) is 1.84. The number of aromatic nitrogens is 2. The van der Waals surface area contributed by atoms with E-state index in [1.807, 2.05) is 19.5 Å². The van der Waals surface area contributed by atoms with E-state index in [0.717, 1.165) is 25.2 Å². The van der Waals surface area contributed by atoms with E-state index in [1.165, 1.54) is 32.1 Å². The van der Waals surface area contributed by atoms with Gasteiger partial charge in [0.15, 0.2) is 0 Å². The van der Waals surface area contributed by atoms with Crippen molar-refractivity contribution in [3.05, 3.63) is 18.0 Å². The van der Waals surface area contributed by atoms with Gasteiger partial charge in [0.2, 0.25) is 5.95 Å². The van der Waals surface area contributed by atoms with Gasteiger partial charge < -0.3 is 10.5 Å². The van der Waals surface area contributed by atoms with Gasteiger partial charge in [-0.2, -0.15) is 0 Å². The van der Waals surface area contributed by atoms with E-state index in [-0.39, 0.29) is 0 Å². The smallest absolute Gasteiger partial charge is 0.219 e. The summed E-state index contributed by atoms with van der Waals surface area (Å²) >= 11 is 0. The lowest BCUT2D eigenvalue weighted by atomic mass is 9.76. The van der Waals surface area contributed by atoms with Crippen LogP contribution in [0.2, 0.25) is 0 Å². The highest BCUT2D eigenvalue weighted by Gasteiger charge is 2.45. The Balaban J connectivity index is 1.67. The van der Waals surface area contributed by atoms with Crippen molar-refractivity contribution in [1.82, 2.24) is 14.9 Å². The Hall–Kier alpha value is -1.20. The average Bonchev–Trinajstić information content (AvgIpc) is 2.83. The Morgan fingerprint density at radius 3 is 2.85 bits per heavy atom. The van der Waals surface area contributed by atoms with Crippen molar-refractivity contribution in [1.29, 1.82) is 0 Å². The minimum absolute atomic E-state index is 0.346. The SMILES string of the molecule is CO[C@@H]1CCC[C@@]12CCCN(Cc1cnc(N)nc1)C2. The normalized spacial score (nSPS) is 30.9. The summed E-state index contributed by atoms with van der Waals surface area (Å²) in [7, 11) is 1.87. The summed E-state index contributed by atoms with van der Waals surface area (Å²) < 4.78 is 5.75. The molecule has 1 aromatic rings. The number of nitrogens with two attached hydrogens (primary N) is 1. The third-order valence-corrected chi connectivity index (χ3v) is 4.93. The molecule has 2 fully saturated rings. The number of ether oxygens (including phenoxy) is 1. The number of nitrogen functional groups attached to an aromatic ring is 1. The molecule has 0 unspecified atom stereocenters. The van der Waals surface area contributed by atoms with Crippen LogP contribution >= 0.6 is 0 Å². The van der Waals surface area contributed by atoms with Gasteiger partial charge in [-0.05, 0) is 32.2 Å². The fraction of sp³-hybridized carbons (Fsp3) is 0.733. The zero-order valence-corrected chi connectivity index (χ0v) is 12.2. The number of anilines is 1. The van der Waals surface area contributed by atoms with Crippen LogP contribution in [0.1, 0.15) is 37.7 Å². The first-order valence-corrected chi connectivity index (χ1v) is 7.53. The third kappa shape index (κ3) is 2.65. The van der Waals surface area contributed by atoms with E-state index in [1.54, 1.807) is 0 Å². The number of piperidine rings is 1. The van der Waals surface area contributed by atoms with E-state index in [2.05, 4.69) is 14.9 Å². The van der Waals surface area contributed by atoms with Gasteiger partial charge in [0.05, 0.1) is 6.10 Å². The van der Waals surface area contributed by atoms with Crippen LogP contribution in [0.25, 0.3) is 0 Å². The zero-order valence-electron chi connectivity index (χ0n) is 12.2. The Labute approximate surface area is 120 Å². The largest absolute Gasteiger partial charge is 0.381 e. The lowest BCUT2D eigenvalue weighted by molar-refractivity contribution is -0.0366. The molecule has 0 amide bonds. The predicted molar refractivity (Wildman–Crippen MR) is 78.0 cm³/mol. The van der Waals surface area contributed by atoms with Gasteiger partial charge in [0.25, 0.3) is 0 Å². The summed E-state index contributed by atoms with van der Waals surface area (Å²) in [5.74, 6) is 0.346. The van der Waals surface area contributed by atoms with Gasteiger partial charge in [-0.25, -0.2) is 9.97 Å². The molecule has 5 heteroatoms. The molecule has 1 saturated carbocycles. The number of nitrogens with zero attached hydrogens (tertiary/aromatic N) is 3. The summed E-state index contributed by atoms with van der Waals surface area (Å²) in [6, 6.07) is 0. The molecule has 110 valence electrons. The molecule has 1 aliphatic heterocycles. The summed E-state index contributed by atoms with van der Waals surface area (Å²) in [5.41, 5.74) is 7.06. The molecule has 20 heavy (non-hydrogen) atoms. The molecule has 0 bridgehead atoms. The average molecular weight is 276 g/mol. The number of rotatable bonds is 3. The maximum absolute atomic E-state index is 5.75. The quantitative estimate of drug-likeness (QED) is 0.912. The van der Waals surface area contributed by atoms with Crippen molar-refractivity contribution in [3.63, 3.8) is 0 Å². The van der Waals surface area contributed by atoms with E-state index in [4.69, 9.17) is 10.5 Å². The molecular formula is C15H24N4O. The van der Waals surface area contributed by atoms with Gasteiger partial charge in [0, 0.05) is 43.6 Å². The monoisotopic (exact) mass is 276 g/mol. The summed E-state index contributed by atoms with van der Waals surface area (Å²) in [6.45, 7) is 3.21. The van der Waals surface area contributed by atoms with Crippen molar-refractivity contribution in [2.24, 2.45) is 5.41 Å². The molecule has 2 N–H and O–H groups in total. The maximum atomic E-state index is 5.75. The molecule has 0 aromatic carbocycles. The van der Waals surface area contributed by atoms with Gasteiger partial charge in [-0.1, -0.05) is 6.42 Å². The van der Waals surface area contributed by atoms with Crippen LogP contribution in [0, 0.1) is 5.41 Å². The van der Waals surface area contributed by atoms with E-state index < -0.39 is 0 Å². The fourth-order valence-corrected chi connectivity index (χ4v) is 4.04. The minimum atomic E-state index is 0.346. The number of hydrogen-bond acceptors (Lipinski definition) is 5. The van der Waals surface area contributed by atoms with Crippen molar-refractivity contribution < 1.29 is 4.74 Å². The minimum Gasteiger partial charge on any atom is -0.381 e. The van der Waals surface area contributed by atoms with Gasteiger partial charge in [0.1, 0.15) is 0 Å². The second-order valence-corrected chi connectivity index (χ2v) is 6.24. The van der Waals surface area contributed by atoms with E-state index in [9.17, 15) is 0 Å². The Bertz CT molecular complexity index is 450. The first kappa shape index (κ1) is 13.8. The van der Waals surface area contributed by atoms with E-state index in [0.29, 0.717) is 17.5 Å². The molecule has 1 spiro atoms. The van der Waals surface area contributed by atoms with Crippen LogP contribution < -0.4 is 5.73 Å². The number of likely N-dealkylation sites (tertiary alicyclic amines) is 1. The molecule has 3 rings (SSSR count). The lowest BCUT2D eigenvalue weighted by Gasteiger charge is -2.43. The Kier molecular flexibility index (Phi) is 3.89. The van der Waals surface area contributed by atoms with E-state index >= 15 is 0 Å². The third-order valence-electron chi connectivity index (χ3n) is 4.93. The van der Waals surface area contributed by atoms with Crippen molar-refractivity contribution in [2.75, 3.05) is 25.9 Å². The van der Waals surface area contributed by atoms with Crippen molar-refractivity contribution in [3.8, 4) is 0 Å². The lowest BCUT2D eigenvalue weighted by Crippen LogP contribution is -2.47. The second kappa shape index (κ2) is 5.66. The highest BCUT2D eigenvalue weighted by Crippen LogP contribution is 2.46. The fourth-order valence-electron chi connectivity index (χ4n) is 4.04. The van der Waals surface area contributed by atoms with Crippen LogP contribution in [-0.4, -0.2) is 41.2 Å². The standard InChI is InChI=1S/C15H24N4O/c1-20-13-4-2-5-15(13)6-3-7-19(11-15)10-12-8-17-14(16)18-9-12/h8-9,13H,2-7,10-11H2,1H3,(H2,16,17,18)/t13-,15+/m1/s1. The van der Waals surface area contributed by atoms with Crippen LogP contribution in [0.5, 0.6) is 0 Å². The summed E-state index contributed by atoms with van der Waals surface area (Å²) in [5, 5.41) is 0. The van der Waals surface area contributed by atoms with Crippen LogP contribution in [0.4, 0.5) is 5.95 Å². The van der Waals surface area contributed by atoms with Crippen LogP contribution in [-0.2, 0) is 11.3 Å². The molecule has 1 saturated heterocycles. The highest BCUT2D eigenvalue weighted by molar-refractivity contribution is 5.17. The Morgan fingerprint density at radius 2 is 2.10 bits per heavy atom. The summed E-state index contributed by atoms with van der Waals surface area (Å²) in [4.78, 5) is 10.7. The summed E-state index contributed by atoms with van der Waals surface area (Å²) in [6.07, 6.45) is 10.5. The topological polar surface area (TPSA) is 64.3 Å². The molecule has 2 aliphatic rings. The second-order valence-electron chi connectivity index (χ2n) is 6.24. The van der Waals surface area contributed by atoms with Gasteiger partial charge in [-0.15, -0.1) is 0 Å². The Morgan fingerprint density at radius 1 is 1.35 bits per heavy atom. The highest BCUT2D eigenvalue weighted by atomic mass is 16.5. The molecule has 2 heterocycles. The number of methoxy groups -OCH3 is 1. The number of hydrogen-bond donors (Lipinski definition) is 1. The van der Waals surface area contributed by atoms with Crippen molar-refractivity contribution in [2.45, 2.75) is 44.8 Å². The molecular weight excluding hydrogens is 252 g/mol. The molecule has 0 radical (unpaired) electrons. The molecule has 5 nitrogen and oxygen atoms in total. The first-order valence-electron chi connectivity index (χ1n) is 7.53. The molecule has 1 aromatic heterocycles. The van der Waals surface area contributed by atoms with Crippen LogP contribution in [0.3, 0.4) is 0 Å². The zero-order chi connectivity index (χ0) is 14.0. The van der Waals surface area contributed by atoms with Gasteiger partial charge >= 0.3 is 0 Å². The molecule has 1 aliphatic carbocycles. The van der Waals surface area contributed by atoms with Crippen molar-refractivity contribution >= 4 is 5.95 Å². The first-order chi connectivity index (χ1) is 9.72. The molecule has 2 atom stereocenters. The van der Waals surface area contributed by atoms with Crippen LogP contribution in [0.15, 0.2) is 12.4 Å². The van der Waals surface area contributed by atoms with Gasteiger partial charge in [-0.3, -0.25) is 4.90 Å². The maximum Gasteiger partial charge on any atom is 0.219 e.